The van der Waals surface area contributed by atoms with Gasteiger partial charge in [-0.15, -0.1) is 0 Å². The maximum Gasteiger partial charge on any atom is 0.141 e. The van der Waals surface area contributed by atoms with Gasteiger partial charge in [0.25, 0.3) is 0 Å². The molecule has 0 fully saturated rings. The SMILES string of the molecule is CCc1ccc(CC(O)c2ccc(F)c(Cl)c2)nc1. The highest BCUT2D eigenvalue weighted by molar-refractivity contribution is 6.30. The maximum absolute atomic E-state index is 13.0. The molecule has 1 aromatic heterocycles. The summed E-state index contributed by atoms with van der Waals surface area (Å²) >= 11 is 5.70. The van der Waals surface area contributed by atoms with Gasteiger partial charge in [0.1, 0.15) is 5.82 Å². The van der Waals surface area contributed by atoms with Gasteiger partial charge in [-0.05, 0) is 35.7 Å². The van der Waals surface area contributed by atoms with Gasteiger partial charge in [0.15, 0.2) is 0 Å². The first-order valence-electron chi connectivity index (χ1n) is 6.17. The van der Waals surface area contributed by atoms with Crippen LogP contribution in [-0.4, -0.2) is 10.1 Å². The van der Waals surface area contributed by atoms with E-state index in [4.69, 9.17) is 11.6 Å². The van der Waals surface area contributed by atoms with Gasteiger partial charge < -0.3 is 5.11 Å². The molecule has 2 nitrogen and oxygen atoms in total. The van der Waals surface area contributed by atoms with Crippen LogP contribution in [0.5, 0.6) is 0 Å². The number of pyridine rings is 1. The third kappa shape index (κ3) is 3.52. The monoisotopic (exact) mass is 279 g/mol. The summed E-state index contributed by atoms with van der Waals surface area (Å²) in [4.78, 5) is 4.29. The second-order valence-electron chi connectivity index (χ2n) is 4.40. The fourth-order valence-corrected chi connectivity index (χ4v) is 2.01. The molecule has 0 bridgehead atoms. The van der Waals surface area contributed by atoms with Crippen LogP contribution in [0.4, 0.5) is 4.39 Å². The van der Waals surface area contributed by atoms with E-state index < -0.39 is 11.9 Å². The molecule has 0 aliphatic rings. The minimum atomic E-state index is -0.738. The summed E-state index contributed by atoms with van der Waals surface area (Å²) in [6.07, 6.45) is 2.38. The van der Waals surface area contributed by atoms with Gasteiger partial charge in [-0.25, -0.2) is 4.39 Å². The Kier molecular flexibility index (Phi) is 4.51. The van der Waals surface area contributed by atoms with Crippen LogP contribution in [0.2, 0.25) is 5.02 Å². The molecule has 0 saturated heterocycles. The lowest BCUT2D eigenvalue weighted by molar-refractivity contribution is 0.177. The highest BCUT2D eigenvalue weighted by atomic mass is 35.5. The molecule has 0 radical (unpaired) electrons. The van der Waals surface area contributed by atoms with Crippen molar-refractivity contribution < 1.29 is 9.50 Å². The molecule has 1 aromatic carbocycles. The summed E-state index contributed by atoms with van der Waals surface area (Å²) in [5.41, 5.74) is 2.54. The fraction of sp³-hybridized carbons (Fsp3) is 0.267. The van der Waals surface area contributed by atoms with Crippen LogP contribution in [0.1, 0.15) is 29.8 Å². The number of halogens is 2. The number of hydrogen-bond donors (Lipinski definition) is 1. The van der Waals surface area contributed by atoms with E-state index in [1.54, 1.807) is 6.20 Å². The second-order valence-corrected chi connectivity index (χ2v) is 4.81. The molecule has 2 rings (SSSR count). The Morgan fingerprint density at radius 3 is 2.68 bits per heavy atom. The van der Waals surface area contributed by atoms with Crippen LogP contribution in [-0.2, 0) is 12.8 Å². The number of aromatic nitrogens is 1. The topological polar surface area (TPSA) is 33.1 Å². The zero-order valence-corrected chi connectivity index (χ0v) is 11.4. The van der Waals surface area contributed by atoms with E-state index in [1.807, 2.05) is 12.1 Å². The Morgan fingerprint density at radius 2 is 2.11 bits per heavy atom. The Labute approximate surface area is 116 Å². The molecule has 100 valence electrons. The van der Waals surface area contributed by atoms with Gasteiger partial charge >= 0.3 is 0 Å². The first-order chi connectivity index (χ1) is 9.10. The van der Waals surface area contributed by atoms with Crippen molar-refractivity contribution in [2.24, 2.45) is 0 Å². The molecule has 19 heavy (non-hydrogen) atoms. The van der Waals surface area contributed by atoms with Gasteiger partial charge in [-0.2, -0.15) is 0 Å². The average Bonchev–Trinajstić information content (AvgIpc) is 2.42. The summed E-state index contributed by atoms with van der Waals surface area (Å²) in [6.45, 7) is 2.06. The number of nitrogens with zero attached hydrogens (tertiary/aromatic N) is 1. The molecule has 0 saturated carbocycles. The fourth-order valence-electron chi connectivity index (χ4n) is 1.82. The molecular weight excluding hydrogens is 265 g/mol. The van der Waals surface area contributed by atoms with Crippen LogP contribution >= 0.6 is 11.6 Å². The lowest BCUT2D eigenvalue weighted by Gasteiger charge is -2.11. The zero-order chi connectivity index (χ0) is 13.8. The van der Waals surface area contributed by atoms with E-state index in [9.17, 15) is 9.50 Å². The summed E-state index contributed by atoms with van der Waals surface area (Å²) < 4.78 is 13.0. The van der Waals surface area contributed by atoms with Crippen molar-refractivity contribution in [2.45, 2.75) is 25.9 Å². The van der Waals surface area contributed by atoms with Gasteiger partial charge in [-0.3, -0.25) is 4.98 Å². The summed E-state index contributed by atoms with van der Waals surface area (Å²) in [7, 11) is 0. The summed E-state index contributed by atoms with van der Waals surface area (Å²) in [6, 6.07) is 8.13. The van der Waals surface area contributed by atoms with Crippen molar-refractivity contribution in [3.8, 4) is 0 Å². The van der Waals surface area contributed by atoms with E-state index in [0.29, 0.717) is 12.0 Å². The number of aryl methyl sites for hydroxylation is 1. The van der Waals surface area contributed by atoms with Crippen LogP contribution < -0.4 is 0 Å². The highest BCUT2D eigenvalue weighted by Gasteiger charge is 2.11. The number of benzene rings is 1. The van der Waals surface area contributed by atoms with E-state index in [1.165, 1.54) is 18.2 Å². The first-order valence-corrected chi connectivity index (χ1v) is 6.54. The standard InChI is InChI=1S/C15H15ClFNO/c1-2-10-3-5-12(18-9-10)8-15(19)11-4-6-14(17)13(16)7-11/h3-7,9,15,19H,2,8H2,1H3. The summed E-state index contributed by atoms with van der Waals surface area (Å²) in [5.74, 6) is -0.483. The predicted molar refractivity (Wildman–Crippen MR) is 73.7 cm³/mol. The van der Waals surface area contributed by atoms with Crippen molar-refractivity contribution in [1.82, 2.24) is 4.98 Å². The first kappa shape index (κ1) is 14.0. The molecule has 1 heterocycles. The maximum atomic E-state index is 13.0. The molecule has 1 N–H and O–H groups in total. The van der Waals surface area contributed by atoms with Crippen molar-refractivity contribution in [2.75, 3.05) is 0 Å². The van der Waals surface area contributed by atoms with Crippen molar-refractivity contribution in [3.63, 3.8) is 0 Å². The third-order valence-corrected chi connectivity index (χ3v) is 3.31. The minimum absolute atomic E-state index is 0.0193. The van der Waals surface area contributed by atoms with Crippen molar-refractivity contribution in [1.29, 1.82) is 0 Å². The lowest BCUT2D eigenvalue weighted by atomic mass is 10.0. The number of hydrogen-bond acceptors (Lipinski definition) is 2. The molecule has 0 spiro atoms. The van der Waals surface area contributed by atoms with Gasteiger partial charge in [-0.1, -0.05) is 30.7 Å². The Bertz CT molecular complexity index is 557. The van der Waals surface area contributed by atoms with Crippen molar-refractivity contribution in [3.05, 3.63) is 64.2 Å². The second kappa shape index (κ2) is 6.13. The number of aliphatic hydroxyl groups excluding tert-OH is 1. The Hall–Kier alpha value is -1.45. The van der Waals surface area contributed by atoms with Crippen LogP contribution in [0, 0.1) is 5.82 Å². The van der Waals surface area contributed by atoms with Gasteiger partial charge in [0.2, 0.25) is 0 Å². The smallest absolute Gasteiger partial charge is 0.141 e. The number of rotatable bonds is 4. The molecule has 4 heteroatoms. The van der Waals surface area contributed by atoms with E-state index in [0.717, 1.165) is 17.7 Å². The van der Waals surface area contributed by atoms with Crippen LogP contribution in [0.25, 0.3) is 0 Å². The average molecular weight is 280 g/mol. The van der Waals surface area contributed by atoms with E-state index in [-0.39, 0.29) is 5.02 Å². The van der Waals surface area contributed by atoms with Crippen LogP contribution in [0.15, 0.2) is 36.5 Å². The minimum Gasteiger partial charge on any atom is -0.388 e. The molecule has 0 amide bonds. The Balaban J connectivity index is 2.10. The van der Waals surface area contributed by atoms with Crippen LogP contribution in [0.3, 0.4) is 0 Å². The third-order valence-electron chi connectivity index (χ3n) is 3.03. The van der Waals surface area contributed by atoms with Gasteiger partial charge in [0.05, 0.1) is 11.1 Å². The quantitative estimate of drug-likeness (QED) is 0.925. The highest BCUT2D eigenvalue weighted by Crippen LogP contribution is 2.23. The summed E-state index contributed by atoms with van der Waals surface area (Å²) in [5, 5.41) is 10.1. The normalized spacial score (nSPS) is 12.4. The zero-order valence-electron chi connectivity index (χ0n) is 10.6. The number of aliphatic hydroxyl groups is 1. The van der Waals surface area contributed by atoms with E-state index >= 15 is 0 Å². The Morgan fingerprint density at radius 1 is 1.32 bits per heavy atom. The molecule has 1 atom stereocenters. The lowest BCUT2D eigenvalue weighted by Crippen LogP contribution is -2.04. The van der Waals surface area contributed by atoms with Gasteiger partial charge in [0, 0.05) is 18.3 Å². The largest absolute Gasteiger partial charge is 0.388 e. The van der Waals surface area contributed by atoms with Crippen molar-refractivity contribution >= 4 is 11.6 Å². The molecule has 0 aliphatic carbocycles. The molecule has 2 aromatic rings. The molecular formula is C15H15ClFNO. The molecule has 1 unspecified atom stereocenters. The van der Waals surface area contributed by atoms with E-state index in [2.05, 4.69) is 11.9 Å². The predicted octanol–water partition coefficient (Wildman–Crippen LogP) is 3.71. The molecule has 0 aliphatic heterocycles.